The van der Waals surface area contributed by atoms with Gasteiger partial charge >= 0.3 is 4.87 Å². The van der Waals surface area contributed by atoms with E-state index >= 15 is 0 Å². The molecule has 0 saturated heterocycles. The maximum Gasteiger partial charge on any atom is 0.305 e. The molecule has 1 aromatic heterocycles. The maximum absolute atomic E-state index is 12.7. The number of thiazole rings is 1. The van der Waals surface area contributed by atoms with Gasteiger partial charge in [-0.2, -0.15) is 0 Å². The Bertz CT molecular complexity index is 836. The lowest BCUT2D eigenvalue weighted by molar-refractivity contribution is 0.0964. The van der Waals surface area contributed by atoms with Crippen molar-refractivity contribution in [1.29, 1.82) is 5.41 Å². The minimum absolute atomic E-state index is 0.149. The third kappa shape index (κ3) is 5.75. The summed E-state index contributed by atoms with van der Waals surface area (Å²) >= 11 is 1.07. The average molecular weight is 378 g/mol. The highest BCUT2D eigenvalue weighted by atomic mass is 32.1. The number of nitrogens with one attached hydrogen (secondary N) is 2. The van der Waals surface area contributed by atoms with Crippen molar-refractivity contribution in [2.45, 2.75) is 38.1 Å². The van der Waals surface area contributed by atoms with Crippen LogP contribution in [0.2, 0.25) is 25.7 Å². The molecule has 0 radical (unpaired) electrons. The first-order valence-corrected chi connectivity index (χ1v) is 12.6. The fraction of sp³-hybridized carbons (Fsp3) is 0.412. The van der Waals surface area contributed by atoms with Gasteiger partial charge in [0.1, 0.15) is 6.04 Å². The molecular formula is C17H23N3O3SSi. The summed E-state index contributed by atoms with van der Waals surface area (Å²) in [6.45, 7) is 7.38. The van der Waals surface area contributed by atoms with Crippen molar-refractivity contribution in [2.75, 3.05) is 6.61 Å². The molecule has 0 bridgehead atoms. The summed E-state index contributed by atoms with van der Waals surface area (Å²) in [5.41, 5.74) is 1.20. The minimum Gasteiger partial charge on any atom is -0.484 e. The van der Waals surface area contributed by atoms with Gasteiger partial charge in [0.15, 0.2) is 12.2 Å². The molecule has 0 fully saturated rings. The summed E-state index contributed by atoms with van der Waals surface area (Å²) in [7, 11) is -1.17. The van der Waals surface area contributed by atoms with Crippen molar-refractivity contribution in [3.8, 4) is 0 Å². The number of fused-ring (bicyclic) bond motifs is 1. The maximum atomic E-state index is 12.7. The number of H-pyrrole nitrogens is 1. The number of aromatic amines is 1. The van der Waals surface area contributed by atoms with Crippen molar-refractivity contribution >= 4 is 48.0 Å². The van der Waals surface area contributed by atoms with Gasteiger partial charge in [-0.05, 0) is 30.5 Å². The Hall–Kier alpha value is -2.06. The summed E-state index contributed by atoms with van der Waals surface area (Å²) in [6.07, 6.45) is 2.72. The zero-order chi connectivity index (χ0) is 18.4. The summed E-state index contributed by atoms with van der Waals surface area (Å²) in [5, 5.41) is 7.29. The standard InChI is InChI=1S/C17H23N3O3SSi/c1-25(2,3)9-8-23-11-19-14(6-7-18)16(21)12-4-5-13-15(10-12)24-17(22)20-13/h4-5,7,10-11,14,18H,6,8-9H2,1-3H3,(H,20,22). The molecule has 2 N–H and O–H groups in total. The van der Waals surface area contributed by atoms with Crippen molar-refractivity contribution < 1.29 is 9.53 Å². The van der Waals surface area contributed by atoms with Crippen LogP contribution < -0.4 is 4.87 Å². The Morgan fingerprint density at radius 3 is 2.88 bits per heavy atom. The third-order valence-electron chi connectivity index (χ3n) is 3.63. The van der Waals surface area contributed by atoms with E-state index in [0.29, 0.717) is 17.7 Å². The second-order valence-electron chi connectivity index (χ2n) is 6.98. The first-order chi connectivity index (χ1) is 11.8. The molecule has 1 aromatic carbocycles. The van der Waals surface area contributed by atoms with Crippen LogP contribution >= 0.6 is 11.3 Å². The summed E-state index contributed by atoms with van der Waals surface area (Å²) in [4.78, 5) is 30.8. The molecule has 1 unspecified atom stereocenters. The Balaban J connectivity index is 2.07. The fourth-order valence-electron chi connectivity index (χ4n) is 2.17. The van der Waals surface area contributed by atoms with Crippen LogP contribution in [0.3, 0.4) is 0 Å². The smallest absolute Gasteiger partial charge is 0.305 e. The van der Waals surface area contributed by atoms with E-state index in [0.717, 1.165) is 22.1 Å². The van der Waals surface area contributed by atoms with Crippen LogP contribution in [0.25, 0.3) is 10.2 Å². The van der Waals surface area contributed by atoms with E-state index in [9.17, 15) is 9.59 Å². The molecular weight excluding hydrogens is 354 g/mol. The van der Waals surface area contributed by atoms with Crippen molar-refractivity contribution in [2.24, 2.45) is 4.99 Å². The molecule has 0 amide bonds. The van der Waals surface area contributed by atoms with Crippen molar-refractivity contribution in [3.63, 3.8) is 0 Å². The first kappa shape index (κ1) is 19.3. The molecule has 2 aromatic rings. The number of ketones is 1. The van der Waals surface area contributed by atoms with Crippen LogP contribution in [-0.4, -0.2) is 44.1 Å². The number of carbonyl (C=O) groups is 1. The zero-order valence-corrected chi connectivity index (χ0v) is 16.5. The number of aliphatic imine (C=N–C) groups is 1. The van der Waals surface area contributed by atoms with Crippen LogP contribution in [0.1, 0.15) is 16.8 Å². The largest absolute Gasteiger partial charge is 0.484 e. The number of Topliss-reactive ketones (excluding diaryl/α,β-unsaturated/α-hetero) is 1. The predicted octanol–water partition coefficient (Wildman–Crippen LogP) is 3.56. The van der Waals surface area contributed by atoms with Gasteiger partial charge in [-0.1, -0.05) is 31.0 Å². The van der Waals surface area contributed by atoms with Gasteiger partial charge in [-0.25, -0.2) is 4.99 Å². The molecule has 1 atom stereocenters. The number of rotatable bonds is 9. The highest BCUT2D eigenvalue weighted by Gasteiger charge is 2.19. The van der Waals surface area contributed by atoms with Crippen LogP contribution in [0.4, 0.5) is 0 Å². The van der Waals surface area contributed by atoms with E-state index in [4.69, 9.17) is 10.1 Å². The van der Waals surface area contributed by atoms with Gasteiger partial charge in [0.05, 0.1) is 16.8 Å². The topological polar surface area (TPSA) is 95.4 Å². The third-order valence-corrected chi connectivity index (χ3v) is 6.18. The molecule has 0 aliphatic heterocycles. The van der Waals surface area contributed by atoms with Crippen molar-refractivity contribution in [3.05, 3.63) is 33.4 Å². The Labute approximate surface area is 151 Å². The molecule has 2 rings (SSSR count). The molecule has 6 nitrogen and oxygen atoms in total. The van der Waals surface area contributed by atoms with E-state index < -0.39 is 14.1 Å². The average Bonchev–Trinajstić information content (AvgIpc) is 2.90. The Kier molecular flexibility index (Phi) is 6.43. The normalized spacial score (nSPS) is 13.2. The van der Waals surface area contributed by atoms with Crippen LogP contribution in [-0.2, 0) is 4.74 Å². The lowest BCUT2D eigenvalue weighted by Gasteiger charge is -2.14. The molecule has 8 heteroatoms. The minimum atomic E-state index is -1.17. The van der Waals surface area contributed by atoms with Crippen LogP contribution in [0, 0.1) is 5.41 Å². The second-order valence-corrected chi connectivity index (χ2v) is 13.6. The van der Waals surface area contributed by atoms with Gasteiger partial charge < -0.3 is 15.1 Å². The van der Waals surface area contributed by atoms with Crippen molar-refractivity contribution in [1.82, 2.24) is 4.98 Å². The number of hydrogen-bond acceptors (Lipinski definition) is 6. The SMILES string of the molecule is C[Si](C)(C)CCOC=NC(CC=N)C(=O)c1ccc2[nH]c(=O)sc2c1. The van der Waals surface area contributed by atoms with E-state index in [-0.39, 0.29) is 17.1 Å². The highest BCUT2D eigenvalue weighted by molar-refractivity contribution is 7.16. The summed E-state index contributed by atoms with van der Waals surface area (Å²) < 4.78 is 6.15. The van der Waals surface area contributed by atoms with Gasteiger partial charge in [-0.3, -0.25) is 9.59 Å². The predicted molar refractivity (Wildman–Crippen MR) is 107 cm³/mol. The fourth-order valence-corrected chi connectivity index (χ4v) is 3.68. The van der Waals surface area contributed by atoms with Crippen LogP contribution in [0.5, 0.6) is 0 Å². The number of hydrogen-bond donors (Lipinski definition) is 2. The molecule has 0 saturated carbocycles. The van der Waals surface area contributed by atoms with Gasteiger partial charge in [0.25, 0.3) is 0 Å². The quantitative estimate of drug-likeness (QED) is 0.230. The van der Waals surface area contributed by atoms with E-state index in [1.807, 2.05) is 0 Å². The van der Waals surface area contributed by atoms with E-state index in [2.05, 4.69) is 29.6 Å². The highest BCUT2D eigenvalue weighted by Crippen LogP contribution is 2.18. The number of carbonyl (C=O) groups excluding carboxylic acids is 1. The van der Waals surface area contributed by atoms with Crippen LogP contribution in [0.15, 0.2) is 28.0 Å². The first-order valence-electron chi connectivity index (χ1n) is 8.09. The lowest BCUT2D eigenvalue weighted by Crippen LogP contribution is -2.22. The lowest BCUT2D eigenvalue weighted by atomic mass is 10.0. The monoisotopic (exact) mass is 377 g/mol. The van der Waals surface area contributed by atoms with E-state index in [1.165, 1.54) is 12.6 Å². The number of nitrogens with zero attached hydrogens (tertiary/aromatic N) is 1. The summed E-state index contributed by atoms with van der Waals surface area (Å²) in [5.74, 6) is -0.184. The van der Waals surface area contributed by atoms with Gasteiger partial charge in [0, 0.05) is 20.1 Å². The summed E-state index contributed by atoms with van der Waals surface area (Å²) in [6, 6.07) is 5.42. The molecule has 1 heterocycles. The molecule has 0 spiro atoms. The van der Waals surface area contributed by atoms with Gasteiger partial charge in [-0.15, -0.1) is 0 Å². The molecule has 134 valence electrons. The number of ether oxygens (including phenoxy) is 1. The zero-order valence-electron chi connectivity index (χ0n) is 14.7. The number of benzene rings is 1. The molecule has 0 aliphatic carbocycles. The number of aromatic nitrogens is 1. The molecule has 0 aliphatic rings. The van der Waals surface area contributed by atoms with Gasteiger partial charge in [0.2, 0.25) is 0 Å². The Morgan fingerprint density at radius 1 is 1.44 bits per heavy atom. The Morgan fingerprint density at radius 2 is 2.20 bits per heavy atom. The molecule has 25 heavy (non-hydrogen) atoms. The second kappa shape index (κ2) is 8.35. The van der Waals surface area contributed by atoms with E-state index in [1.54, 1.807) is 18.2 Å².